The highest BCUT2D eigenvalue weighted by Crippen LogP contribution is 2.43. The summed E-state index contributed by atoms with van der Waals surface area (Å²) < 4.78 is 21.3. The first-order chi connectivity index (χ1) is 15.0. The Balaban J connectivity index is 1.35. The number of piperidine rings is 1. The van der Waals surface area contributed by atoms with Crippen molar-refractivity contribution < 1.29 is 13.9 Å². The number of nitrogens with zero attached hydrogens (tertiary/aromatic N) is 2. The molecule has 2 aliphatic rings. The molecule has 8 heteroatoms. The molecule has 0 radical (unpaired) electrons. The normalized spacial score (nSPS) is 16.3. The van der Waals surface area contributed by atoms with Gasteiger partial charge < -0.3 is 24.8 Å². The number of methoxy groups -OCH3 is 1. The summed E-state index contributed by atoms with van der Waals surface area (Å²) in [4.78, 5) is 14.7. The van der Waals surface area contributed by atoms with E-state index in [4.69, 9.17) is 16.3 Å². The van der Waals surface area contributed by atoms with Gasteiger partial charge in [0.2, 0.25) is 0 Å². The molecule has 0 unspecified atom stereocenters. The third-order valence-corrected chi connectivity index (χ3v) is 6.37. The Labute approximate surface area is 184 Å². The van der Waals surface area contributed by atoms with Crippen LogP contribution in [-0.2, 0) is 5.54 Å². The fourth-order valence-electron chi connectivity index (χ4n) is 4.57. The Morgan fingerprint density at radius 2 is 2.00 bits per heavy atom. The highest BCUT2D eigenvalue weighted by Gasteiger charge is 2.42. The topological polar surface area (TPSA) is 58.5 Å². The van der Waals surface area contributed by atoms with Crippen molar-refractivity contribution in [3.8, 4) is 11.4 Å². The molecular formula is C23H22ClFN4O2. The summed E-state index contributed by atoms with van der Waals surface area (Å²) in [6.45, 7) is 1.11. The number of rotatable bonds is 2. The minimum atomic E-state index is -0.352. The maximum atomic E-state index is 13.9. The first kappa shape index (κ1) is 19.8. The predicted octanol–water partition coefficient (Wildman–Crippen LogP) is 5.23. The van der Waals surface area contributed by atoms with Crippen LogP contribution < -0.4 is 15.4 Å². The number of carbonyl (C=O) groups is 1. The van der Waals surface area contributed by atoms with E-state index in [-0.39, 0.29) is 17.4 Å². The van der Waals surface area contributed by atoms with Crippen molar-refractivity contribution in [1.29, 1.82) is 0 Å². The molecule has 2 aliphatic heterocycles. The molecule has 2 N–H and O–H groups in total. The molecule has 5 rings (SSSR count). The van der Waals surface area contributed by atoms with Gasteiger partial charge in [-0.2, -0.15) is 0 Å². The number of urea groups is 1. The SMILES string of the molecule is COc1ccc(Cl)cc1NC(=O)N1CCC2(CC1)Nc1cc(F)ccc1-n1cccc12. The van der Waals surface area contributed by atoms with Crippen LogP contribution in [0.2, 0.25) is 5.02 Å². The van der Waals surface area contributed by atoms with Crippen LogP contribution in [0.25, 0.3) is 5.69 Å². The molecule has 3 heterocycles. The lowest BCUT2D eigenvalue weighted by molar-refractivity contribution is 0.174. The lowest BCUT2D eigenvalue weighted by Gasteiger charge is -2.46. The van der Waals surface area contributed by atoms with Gasteiger partial charge in [-0.15, -0.1) is 0 Å². The van der Waals surface area contributed by atoms with Crippen molar-refractivity contribution in [1.82, 2.24) is 9.47 Å². The van der Waals surface area contributed by atoms with Gasteiger partial charge in [0, 0.05) is 30.0 Å². The van der Waals surface area contributed by atoms with Crippen LogP contribution in [0.3, 0.4) is 0 Å². The zero-order chi connectivity index (χ0) is 21.6. The summed E-state index contributed by atoms with van der Waals surface area (Å²) in [6.07, 6.45) is 3.40. The predicted molar refractivity (Wildman–Crippen MR) is 119 cm³/mol. The summed E-state index contributed by atoms with van der Waals surface area (Å²) >= 11 is 6.07. The number of amides is 2. The molecule has 3 aromatic rings. The van der Waals surface area contributed by atoms with Crippen LogP contribution in [0, 0.1) is 5.82 Å². The summed E-state index contributed by atoms with van der Waals surface area (Å²) in [5.41, 5.74) is 3.01. The standard InChI is InChI=1S/C23H22ClFN4O2/c1-31-20-7-4-15(24)13-18(20)26-22(30)28-11-8-23(9-12-28)21-3-2-10-29(21)19-6-5-16(25)14-17(19)27-23/h2-7,10,13-14,27H,8-9,11-12H2,1H3,(H,26,30). The Morgan fingerprint density at radius 3 is 2.77 bits per heavy atom. The number of aromatic nitrogens is 1. The fourth-order valence-corrected chi connectivity index (χ4v) is 4.74. The summed E-state index contributed by atoms with van der Waals surface area (Å²) in [5, 5.41) is 7.00. The molecule has 0 atom stereocenters. The van der Waals surface area contributed by atoms with Crippen molar-refractivity contribution in [2.75, 3.05) is 30.8 Å². The van der Waals surface area contributed by atoms with Gasteiger partial charge in [-0.1, -0.05) is 11.6 Å². The smallest absolute Gasteiger partial charge is 0.321 e. The van der Waals surface area contributed by atoms with Gasteiger partial charge in [-0.05, 0) is 61.4 Å². The van der Waals surface area contributed by atoms with Crippen LogP contribution >= 0.6 is 11.6 Å². The maximum absolute atomic E-state index is 13.9. The minimum absolute atomic E-state index is 0.201. The molecule has 1 saturated heterocycles. The van der Waals surface area contributed by atoms with E-state index in [1.807, 2.05) is 12.3 Å². The number of benzene rings is 2. The van der Waals surface area contributed by atoms with E-state index >= 15 is 0 Å². The molecule has 0 saturated carbocycles. The van der Waals surface area contributed by atoms with Crippen LogP contribution in [0.4, 0.5) is 20.6 Å². The Morgan fingerprint density at radius 1 is 1.19 bits per heavy atom. The van der Waals surface area contributed by atoms with Gasteiger partial charge in [-0.25, -0.2) is 9.18 Å². The van der Waals surface area contributed by atoms with Crippen LogP contribution in [0.1, 0.15) is 18.5 Å². The first-order valence-electron chi connectivity index (χ1n) is 10.1. The summed E-state index contributed by atoms with van der Waals surface area (Å²) in [5.74, 6) is 0.279. The molecule has 1 spiro atoms. The molecule has 1 aromatic heterocycles. The number of halogens is 2. The van der Waals surface area contributed by atoms with E-state index in [0.717, 1.165) is 17.1 Å². The van der Waals surface area contributed by atoms with Gasteiger partial charge in [0.05, 0.1) is 29.7 Å². The lowest BCUT2D eigenvalue weighted by Crippen LogP contribution is -2.51. The number of likely N-dealkylation sites (tertiary alicyclic amines) is 1. The number of fused-ring (bicyclic) bond motifs is 4. The van der Waals surface area contributed by atoms with Crippen LogP contribution in [0.5, 0.6) is 5.75 Å². The van der Waals surface area contributed by atoms with Crippen molar-refractivity contribution >= 4 is 29.0 Å². The van der Waals surface area contributed by atoms with E-state index in [0.29, 0.717) is 42.4 Å². The summed E-state index contributed by atoms with van der Waals surface area (Å²) in [7, 11) is 1.55. The third kappa shape index (κ3) is 3.39. The van der Waals surface area contributed by atoms with E-state index in [1.54, 1.807) is 36.3 Å². The molecule has 0 aliphatic carbocycles. The maximum Gasteiger partial charge on any atom is 0.321 e. The number of hydrogen-bond donors (Lipinski definition) is 2. The largest absolute Gasteiger partial charge is 0.495 e. The first-order valence-corrected chi connectivity index (χ1v) is 10.5. The second kappa shape index (κ2) is 7.50. The quantitative estimate of drug-likeness (QED) is 0.574. The van der Waals surface area contributed by atoms with Gasteiger partial charge in [0.1, 0.15) is 11.6 Å². The highest BCUT2D eigenvalue weighted by molar-refractivity contribution is 6.31. The van der Waals surface area contributed by atoms with Gasteiger partial charge in [0.15, 0.2) is 0 Å². The van der Waals surface area contributed by atoms with E-state index in [9.17, 15) is 9.18 Å². The van der Waals surface area contributed by atoms with Crippen LogP contribution in [-0.4, -0.2) is 35.7 Å². The lowest BCUT2D eigenvalue weighted by atomic mass is 9.82. The number of hydrogen-bond acceptors (Lipinski definition) is 3. The molecule has 1 fully saturated rings. The Kier molecular flexibility index (Phi) is 4.78. The number of nitrogens with one attached hydrogen (secondary N) is 2. The van der Waals surface area contributed by atoms with E-state index < -0.39 is 0 Å². The van der Waals surface area contributed by atoms with Gasteiger partial charge >= 0.3 is 6.03 Å². The average molecular weight is 441 g/mol. The third-order valence-electron chi connectivity index (χ3n) is 6.14. The average Bonchev–Trinajstić information content (AvgIpc) is 3.25. The molecular weight excluding hydrogens is 419 g/mol. The summed E-state index contributed by atoms with van der Waals surface area (Å²) in [6, 6.07) is 13.8. The molecule has 31 heavy (non-hydrogen) atoms. The molecule has 2 amide bonds. The second-order valence-corrected chi connectivity index (χ2v) is 8.33. The Bertz CT molecular complexity index is 1150. The highest BCUT2D eigenvalue weighted by atomic mass is 35.5. The monoisotopic (exact) mass is 440 g/mol. The molecule has 0 bridgehead atoms. The van der Waals surface area contributed by atoms with E-state index in [2.05, 4.69) is 21.3 Å². The number of carbonyl (C=O) groups excluding carboxylic acids is 1. The number of anilines is 2. The van der Waals surface area contributed by atoms with Crippen LogP contribution in [0.15, 0.2) is 54.7 Å². The number of ether oxygens (including phenoxy) is 1. The minimum Gasteiger partial charge on any atom is -0.495 e. The van der Waals surface area contributed by atoms with Crippen molar-refractivity contribution in [3.63, 3.8) is 0 Å². The van der Waals surface area contributed by atoms with Crippen molar-refractivity contribution in [2.24, 2.45) is 0 Å². The van der Waals surface area contributed by atoms with Gasteiger partial charge in [-0.3, -0.25) is 0 Å². The van der Waals surface area contributed by atoms with Crippen molar-refractivity contribution in [3.05, 3.63) is 71.3 Å². The fraction of sp³-hybridized carbons (Fsp3) is 0.261. The Hall–Kier alpha value is -3.19. The zero-order valence-electron chi connectivity index (χ0n) is 17.0. The van der Waals surface area contributed by atoms with E-state index in [1.165, 1.54) is 12.1 Å². The molecule has 6 nitrogen and oxygen atoms in total. The zero-order valence-corrected chi connectivity index (χ0v) is 17.7. The van der Waals surface area contributed by atoms with Crippen molar-refractivity contribution in [2.45, 2.75) is 18.4 Å². The molecule has 160 valence electrons. The second-order valence-electron chi connectivity index (χ2n) is 7.89. The van der Waals surface area contributed by atoms with Gasteiger partial charge in [0.25, 0.3) is 0 Å². The molecule has 2 aromatic carbocycles.